The van der Waals surface area contributed by atoms with Gasteiger partial charge in [0.25, 0.3) is 17.7 Å². The number of hydrogen-bond donors (Lipinski definition) is 9. The summed E-state index contributed by atoms with van der Waals surface area (Å²) in [6, 6.07) is 11.3. The van der Waals surface area contributed by atoms with Gasteiger partial charge in [-0.3, -0.25) is 34.2 Å². The summed E-state index contributed by atoms with van der Waals surface area (Å²) in [4.78, 5) is 90.6. The Morgan fingerprint density at radius 1 is 0.699 bits per heavy atom. The Bertz CT molecular complexity index is 3120. The first-order valence-corrected chi connectivity index (χ1v) is 24.4. The number of carbonyl (C=O) groups is 6. The number of carboxylic acids is 1. The molecule has 4 aromatic heterocycles. The van der Waals surface area contributed by atoms with Crippen molar-refractivity contribution in [2.75, 3.05) is 52.0 Å². The van der Waals surface area contributed by atoms with Crippen LogP contribution in [0.25, 0.3) is 21.8 Å². The van der Waals surface area contributed by atoms with E-state index in [9.17, 15) is 28.8 Å². The Morgan fingerprint density at radius 2 is 1.15 bits per heavy atom. The van der Waals surface area contributed by atoms with Gasteiger partial charge in [0, 0.05) is 72.3 Å². The number of aromatic carboxylic acids is 1. The fourth-order valence-electron chi connectivity index (χ4n) is 11.7. The Hall–Kier alpha value is -7.46. The third-order valence-electron chi connectivity index (χ3n) is 14.5. The van der Waals surface area contributed by atoms with Gasteiger partial charge in [-0.2, -0.15) is 9.97 Å². The van der Waals surface area contributed by atoms with Crippen molar-refractivity contribution in [3.05, 3.63) is 81.7 Å². The minimum atomic E-state index is -1.17. The molecule has 11 N–H and O–H groups in total. The molecular weight excluding hydrogens is 939 g/mol. The smallest absolute Gasteiger partial charge is 0.373 e. The summed E-state index contributed by atoms with van der Waals surface area (Å²) in [5.74, 6) is -1.80. The van der Waals surface area contributed by atoms with Crippen molar-refractivity contribution in [3.8, 4) is 0 Å². The number of fused-ring (bicyclic) bond motifs is 6. The maximum Gasteiger partial charge on any atom is 0.373 e. The fraction of sp³-hybridized carbons (Fsp3) is 0.490. The number of nitrogen functional groups attached to an aromatic ring is 2. The van der Waals surface area contributed by atoms with E-state index in [0.29, 0.717) is 68.1 Å². The Labute approximate surface area is 420 Å². The van der Waals surface area contributed by atoms with Gasteiger partial charge in [-0.05, 0) is 104 Å². The monoisotopic (exact) mass is 1000 g/mol. The maximum absolute atomic E-state index is 13.4. The van der Waals surface area contributed by atoms with Crippen LogP contribution in [0.1, 0.15) is 161 Å². The predicted octanol–water partition coefficient (Wildman–Crippen LogP) is 5.47. The molecule has 3 aliphatic carbocycles. The molecule has 6 aromatic rings. The number of ketones is 2. The quantitative estimate of drug-likeness (QED) is 0.0821. The number of nitrogens with zero attached hydrogens (tertiary/aromatic N) is 5. The molecule has 1 saturated carbocycles. The van der Waals surface area contributed by atoms with Crippen molar-refractivity contribution in [1.82, 2.24) is 55.9 Å². The van der Waals surface area contributed by atoms with Gasteiger partial charge in [0.05, 0.1) is 35.4 Å². The van der Waals surface area contributed by atoms with Crippen LogP contribution in [0.4, 0.5) is 11.9 Å². The largest absolute Gasteiger partial charge is 0.475 e. The summed E-state index contributed by atoms with van der Waals surface area (Å²) in [6.07, 6.45) is 6.48. The molecule has 0 spiro atoms. The van der Waals surface area contributed by atoms with Crippen molar-refractivity contribution in [2.45, 2.75) is 109 Å². The number of nitrogens with one attached hydrogen (secondary N) is 6. The summed E-state index contributed by atoms with van der Waals surface area (Å²) >= 11 is 0. The molecule has 10 rings (SSSR count). The number of H-pyrrole nitrogens is 4. The lowest BCUT2D eigenvalue weighted by atomic mass is 9.62. The SMILES string of the molecule is COCC1(C)CC(C)(C)c2c([nH]c3ccc(C(=O)NC4CCCC4)cc23)C1=O.COCC1(C)CC(C)(C)c2c([nH]c3ccc(C(=O)NC4CCN(C(=O)c5nc(N)n[nH]5)C4)cc23)C1=O.Nc1n[nH]c(C(=O)O)n1. The van der Waals surface area contributed by atoms with Gasteiger partial charge in [-0.25, -0.2) is 4.79 Å². The third-order valence-corrected chi connectivity index (χ3v) is 14.5. The number of ether oxygens (including phenoxy) is 2. The minimum Gasteiger partial charge on any atom is -0.475 e. The molecule has 5 heterocycles. The second-order valence-corrected chi connectivity index (χ2v) is 21.6. The molecule has 0 bridgehead atoms. The van der Waals surface area contributed by atoms with E-state index in [1.807, 2.05) is 44.2 Å². The number of nitrogens with two attached hydrogens (primary N) is 2. The normalized spacial score (nSPS) is 22.0. The summed E-state index contributed by atoms with van der Waals surface area (Å²) in [5, 5.41) is 27.9. The molecule has 3 amide bonds. The minimum absolute atomic E-state index is 0.0120. The molecule has 2 aromatic carbocycles. The van der Waals surface area contributed by atoms with E-state index >= 15 is 0 Å². The average Bonchev–Trinajstić information content (AvgIpc) is 4.20. The zero-order valence-electron chi connectivity index (χ0n) is 42.5. The van der Waals surface area contributed by atoms with Gasteiger partial charge in [0.2, 0.25) is 23.5 Å². The standard InChI is InChI=1S/C25H31N7O4.C23H30N2O3.C3H4N4O2/c1-24(2)11-25(3,12-36-4)19(33)18-17(24)15-9-13(5-6-16(15)28-18)21(34)27-14-7-8-32(10-14)22(35)20-29-23(26)31-30-20;1-22(2)12-23(3,13-28-4)20(26)19-18(22)16-11-14(9-10-17(16)25-19)21(27)24-15-7-5-6-8-15;4-3-5-1(2(8)9)6-7-3/h5-6,9,14,28H,7-8,10-12H2,1-4H3,(H,27,34)(H3,26,29,30,31);9-11,15,25H,5-8,12-13H2,1-4H3,(H,24,27);(H,8,9)(H3,4,5,6,7). The van der Waals surface area contributed by atoms with Gasteiger partial charge >= 0.3 is 5.97 Å². The van der Waals surface area contributed by atoms with Gasteiger partial charge < -0.3 is 51.5 Å². The number of anilines is 2. The molecule has 2 fully saturated rings. The van der Waals surface area contributed by atoms with Crippen LogP contribution < -0.4 is 22.1 Å². The van der Waals surface area contributed by atoms with Crippen LogP contribution in [0.3, 0.4) is 0 Å². The number of aromatic nitrogens is 8. The van der Waals surface area contributed by atoms with Crippen LogP contribution in [0.15, 0.2) is 36.4 Å². The Kier molecular flexibility index (Phi) is 14.1. The average molecular weight is 1000 g/mol. The number of aromatic amines is 4. The van der Waals surface area contributed by atoms with E-state index in [1.165, 1.54) is 12.8 Å². The molecule has 4 aliphatic rings. The van der Waals surface area contributed by atoms with Gasteiger partial charge in [-0.15, -0.1) is 10.2 Å². The summed E-state index contributed by atoms with van der Waals surface area (Å²) in [7, 11) is 3.25. The van der Waals surface area contributed by atoms with E-state index in [-0.39, 0.29) is 75.7 Å². The van der Waals surface area contributed by atoms with Crippen LogP contribution in [-0.4, -0.2) is 138 Å². The number of Topliss-reactive ketones (excluding diaryl/α,β-unsaturated/α-hetero) is 2. The van der Waals surface area contributed by atoms with Crippen LogP contribution in [0, 0.1) is 10.8 Å². The van der Waals surface area contributed by atoms with Gasteiger partial charge in [0.15, 0.2) is 11.6 Å². The third kappa shape index (κ3) is 10.3. The first-order valence-electron chi connectivity index (χ1n) is 24.4. The number of methoxy groups -OCH3 is 2. The highest BCUT2D eigenvalue weighted by molar-refractivity contribution is 6.10. The van der Waals surface area contributed by atoms with E-state index in [4.69, 9.17) is 26.0 Å². The first kappa shape index (κ1) is 51.9. The highest BCUT2D eigenvalue weighted by atomic mass is 16.5. The molecule has 22 nitrogen and oxygen atoms in total. The number of benzene rings is 2. The second-order valence-electron chi connectivity index (χ2n) is 21.6. The molecule has 388 valence electrons. The molecule has 73 heavy (non-hydrogen) atoms. The highest BCUT2D eigenvalue weighted by Gasteiger charge is 2.50. The van der Waals surface area contributed by atoms with E-state index < -0.39 is 16.8 Å². The van der Waals surface area contributed by atoms with Crippen molar-refractivity contribution in [1.29, 1.82) is 0 Å². The van der Waals surface area contributed by atoms with Crippen molar-refractivity contribution in [2.24, 2.45) is 10.8 Å². The maximum atomic E-state index is 13.4. The molecule has 1 aliphatic heterocycles. The Morgan fingerprint density at radius 3 is 1.56 bits per heavy atom. The van der Waals surface area contributed by atoms with Gasteiger partial charge in [0.1, 0.15) is 0 Å². The molecule has 0 radical (unpaired) electrons. The van der Waals surface area contributed by atoms with Crippen molar-refractivity contribution in [3.63, 3.8) is 0 Å². The number of likely N-dealkylation sites (tertiary alicyclic amines) is 1. The molecule has 1 saturated heterocycles. The van der Waals surface area contributed by atoms with E-state index in [1.54, 1.807) is 25.2 Å². The molecule has 3 atom stereocenters. The molecule has 22 heteroatoms. The van der Waals surface area contributed by atoms with Crippen LogP contribution in [-0.2, 0) is 20.3 Å². The number of hydrogen-bond acceptors (Lipinski definition) is 14. The van der Waals surface area contributed by atoms with Crippen LogP contribution >= 0.6 is 0 Å². The lowest BCUT2D eigenvalue weighted by molar-refractivity contribution is 0.0436. The van der Waals surface area contributed by atoms with Crippen LogP contribution in [0.5, 0.6) is 0 Å². The number of carbonyl (C=O) groups excluding carboxylic acids is 5. The second kappa shape index (κ2) is 19.9. The molecular formula is C51H65N13O9. The van der Waals surface area contributed by atoms with E-state index in [2.05, 4.69) is 78.7 Å². The number of amides is 3. The Balaban J connectivity index is 0.000000170. The number of rotatable bonds is 10. The topological polar surface area (TPSA) is 335 Å². The zero-order valence-corrected chi connectivity index (χ0v) is 42.5. The lowest BCUT2D eigenvalue weighted by Gasteiger charge is -2.41. The summed E-state index contributed by atoms with van der Waals surface area (Å²) in [5.41, 5.74) is 15.0. The number of carboxylic acid groups (broad SMARTS) is 1. The zero-order chi connectivity index (χ0) is 52.8. The summed E-state index contributed by atoms with van der Waals surface area (Å²) < 4.78 is 10.7. The van der Waals surface area contributed by atoms with E-state index in [0.717, 1.165) is 45.8 Å². The summed E-state index contributed by atoms with van der Waals surface area (Å²) in [6.45, 7) is 14.1. The fourth-order valence-corrected chi connectivity index (χ4v) is 11.7. The first-order chi connectivity index (χ1) is 34.5. The predicted molar refractivity (Wildman–Crippen MR) is 271 cm³/mol. The van der Waals surface area contributed by atoms with Crippen molar-refractivity contribution >= 4 is 69.0 Å². The van der Waals surface area contributed by atoms with Crippen molar-refractivity contribution < 1.29 is 43.3 Å². The van der Waals surface area contributed by atoms with Gasteiger partial charge in [-0.1, -0.05) is 40.5 Å². The lowest BCUT2D eigenvalue weighted by Crippen LogP contribution is -2.44. The van der Waals surface area contributed by atoms with Crippen LogP contribution in [0.2, 0.25) is 0 Å². The highest BCUT2D eigenvalue weighted by Crippen LogP contribution is 2.50. The molecule has 3 unspecified atom stereocenters.